The Balaban J connectivity index is 2.59. The largest absolute Gasteiger partial charge is 0.384 e. The van der Waals surface area contributed by atoms with Gasteiger partial charge in [-0.3, -0.25) is 9.69 Å². The highest BCUT2D eigenvalue weighted by molar-refractivity contribution is 5.77. The number of aliphatic hydroxyl groups is 1. The third-order valence-electron chi connectivity index (χ3n) is 2.48. The van der Waals surface area contributed by atoms with Crippen molar-refractivity contribution in [2.45, 2.75) is 13.5 Å². The zero-order valence-electron chi connectivity index (χ0n) is 11.4. The van der Waals surface area contributed by atoms with Crippen LogP contribution in [-0.2, 0) is 11.3 Å². The normalized spacial score (nSPS) is 9.89. The molecule has 0 bridgehead atoms. The Bertz CT molecular complexity index is 475. The second-order valence-corrected chi connectivity index (χ2v) is 4.29. The molecule has 1 aromatic carbocycles. The number of nitrogens with one attached hydrogen (secondary N) is 1. The molecule has 0 heterocycles. The molecule has 2 N–H and O–H groups in total. The molecule has 0 saturated heterocycles. The standard InChI is InChI=1S/C15H20N2O2/c1-3-16-15(19)12-17(2)11-14-7-4-6-13(10-14)8-5-9-18/h4,6-7,10,18H,3,9,11-12H2,1-2H3,(H,16,19). The van der Waals surface area contributed by atoms with Crippen molar-refractivity contribution >= 4 is 5.91 Å². The summed E-state index contributed by atoms with van der Waals surface area (Å²) in [7, 11) is 1.90. The van der Waals surface area contributed by atoms with E-state index in [0.717, 1.165) is 11.1 Å². The molecule has 4 heteroatoms. The van der Waals surface area contributed by atoms with Crippen LogP contribution in [0.3, 0.4) is 0 Å². The average Bonchev–Trinajstić information content (AvgIpc) is 2.36. The van der Waals surface area contributed by atoms with Gasteiger partial charge in [-0.1, -0.05) is 24.0 Å². The van der Waals surface area contributed by atoms with Gasteiger partial charge in [-0.2, -0.15) is 0 Å². The number of hydrogen-bond donors (Lipinski definition) is 2. The molecule has 4 nitrogen and oxygen atoms in total. The first-order chi connectivity index (χ1) is 9.15. The molecule has 0 saturated carbocycles. The first kappa shape index (κ1) is 15.2. The van der Waals surface area contributed by atoms with Crippen molar-refractivity contribution in [1.82, 2.24) is 10.2 Å². The van der Waals surface area contributed by atoms with Crippen molar-refractivity contribution in [3.8, 4) is 11.8 Å². The molecule has 0 aliphatic rings. The average molecular weight is 260 g/mol. The lowest BCUT2D eigenvalue weighted by Crippen LogP contribution is -2.34. The smallest absolute Gasteiger partial charge is 0.234 e. The fraction of sp³-hybridized carbons (Fsp3) is 0.400. The second kappa shape index (κ2) is 8.30. The van der Waals surface area contributed by atoms with Gasteiger partial charge in [0.2, 0.25) is 5.91 Å². The molecule has 0 unspecified atom stereocenters. The molecule has 19 heavy (non-hydrogen) atoms. The van der Waals surface area contributed by atoms with Gasteiger partial charge in [0.1, 0.15) is 6.61 Å². The Morgan fingerprint density at radius 1 is 1.47 bits per heavy atom. The number of nitrogens with zero attached hydrogens (tertiary/aromatic N) is 1. The predicted molar refractivity (Wildman–Crippen MR) is 75.4 cm³/mol. The number of rotatable bonds is 5. The van der Waals surface area contributed by atoms with Crippen LogP contribution in [0.15, 0.2) is 24.3 Å². The summed E-state index contributed by atoms with van der Waals surface area (Å²) in [5.74, 6) is 5.52. The fourth-order valence-electron chi connectivity index (χ4n) is 1.75. The van der Waals surface area contributed by atoms with Crippen molar-refractivity contribution in [2.24, 2.45) is 0 Å². The molecular formula is C15H20N2O2. The van der Waals surface area contributed by atoms with E-state index in [0.29, 0.717) is 19.6 Å². The van der Waals surface area contributed by atoms with Crippen LogP contribution in [0.1, 0.15) is 18.1 Å². The predicted octanol–water partition coefficient (Wildman–Crippen LogP) is 0.598. The first-order valence-electron chi connectivity index (χ1n) is 6.29. The maximum atomic E-state index is 11.4. The lowest BCUT2D eigenvalue weighted by atomic mass is 10.1. The van der Waals surface area contributed by atoms with E-state index in [1.165, 1.54) is 0 Å². The number of likely N-dealkylation sites (N-methyl/N-ethyl adjacent to an activating group) is 2. The summed E-state index contributed by atoms with van der Waals surface area (Å²) in [5.41, 5.74) is 1.97. The number of benzene rings is 1. The third-order valence-corrected chi connectivity index (χ3v) is 2.48. The number of amides is 1. The van der Waals surface area contributed by atoms with Crippen molar-refractivity contribution in [3.63, 3.8) is 0 Å². The van der Waals surface area contributed by atoms with Gasteiger partial charge in [-0.05, 0) is 31.7 Å². The summed E-state index contributed by atoms with van der Waals surface area (Å²) in [5, 5.41) is 11.4. The Kier molecular flexibility index (Phi) is 6.65. The molecule has 0 spiro atoms. The van der Waals surface area contributed by atoms with Crippen LogP contribution in [0.5, 0.6) is 0 Å². The van der Waals surface area contributed by atoms with Gasteiger partial charge in [-0.25, -0.2) is 0 Å². The molecule has 1 amide bonds. The summed E-state index contributed by atoms with van der Waals surface area (Å²) >= 11 is 0. The number of aliphatic hydroxyl groups excluding tert-OH is 1. The topological polar surface area (TPSA) is 52.6 Å². The molecule has 0 aliphatic carbocycles. The number of carbonyl (C=O) groups excluding carboxylic acids is 1. The van der Waals surface area contributed by atoms with Crippen LogP contribution in [0, 0.1) is 11.8 Å². The van der Waals surface area contributed by atoms with Crippen LogP contribution in [0.2, 0.25) is 0 Å². The van der Waals surface area contributed by atoms with Crippen LogP contribution < -0.4 is 5.32 Å². The summed E-state index contributed by atoms with van der Waals surface area (Å²) in [6.07, 6.45) is 0. The highest BCUT2D eigenvalue weighted by Crippen LogP contribution is 2.06. The van der Waals surface area contributed by atoms with Gasteiger partial charge < -0.3 is 10.4 Å². The number of carbonyl (C=O) groups is 1. The zero-order valence-corrected chi connectivity index (χ0v) is 11.4. The Labute approximate surface area is 114 Å². The van der Waals surface area contributed by atoms with Gasteiger partial charge in [0.05, 0.1) is 6.54 Å². The van der Waals surface area contributed by atoms with Crippen molar-refractivity contribution in [2.75, 3.05) is 26.7 Å². The molecule has 0 aromatic heterocycles. The molecule has 0 atom stereocenters. The van der Waals surface area contributed by atoms with E-state index in [4.69, 9.17) is 5.11 Å². The zero-order chi connectivity index (χ0) is 14.1. The minimum absolute atomic E-state index is 0.0289. The molecule has 0 radical (unpaired) electrons. The Hall–Kier alpha value is -1.83. The summed E-state index contributed by atoms with van der Waals surface area (Å²) in [4.78, 5) is 13.4. The van der Waals surface area contributed by atoms with Crippen molar-refractivity contribution < 1.29 is 9.90 Å². The Morgan fingerprint density at radius 2 is 2.26 bits per heavy atom. The van der Waals surface area contributed by atoms with E-state index in [1.807, 2.05) is 43.1 Å². The van der Waals surface area contributed by atoms with E-state index >= 15 is 0 Å². The van der Waals surface area contributed by atoms with Crippen LogP contribution in [0.25, 0.3) is 0 Å². The lowest BCUT2D eigenvalue weighted by Gasteiger charge is -2.16. The molecule has 102 valence electrons. The minimum Gasteiger partial charge on any atom is -0.384 e. The van der Waals surface area contributed by atoms with Gasteiger partial charge >= 0.3 is 0 Å². The van der Waals surface area contributed by atoms with E-state index < -0.39 is 0 Å². The van der Waals surface area contributed by atoms with Gasteiger partial charge in [0.25, 0.3) is 0 Å². The monoisotopic (exact) mass is 260 g/mol. The van der Waals surface area contributed by atoms with E-state index in [1.54, 1.807) is 0 Å². The molecular weight excluding hydrogens is 240 g/mol. The van der Waals surface area contributed by atoms with E-state index in [-0.39, 0.29) is 12.5 Å². The fourth-order valence-corrected chi connectivity index (χ4v) is 1.75. The quantitative estimate of drug-likeness (QED) is 0.762. The molecule has 1 aromatic rings. The van der Waals surface area contributed by atoms with Crippen molar-refractivity contribution in [3.05, 3.63) is 35.4 Å². The summed E-state index contributed by atoms with van der Waals surface area (Å²) in [6, 6.07) is 7.79. The molecule has 1 rings (SSSR count). The third kappa shape index (κ3) is 6.05. The minimum atomic E-state index is -0.138. The highest BCUT2D eigenvalue weighted by Gasteiger charge is 2.06. The number of hydrogen-bond acceptors (Lipinski definition) is 3. The van der Waals surface area contributed by atoms with Crippen LogP contribution in [-0.4, -0.2) is 42.7 Å². The van der Waals surface area contributed by atoms with Crippen LogP contribution >= 0.6 is 0 Å². The molecule has 0 fully saturated rings. The molecule has 0 aliphatic heterocycles. The van der Waals surface area contributed by atoms with Gasteiger partial charge in [0.15, 0.2) is 0 Å². The van der Waals surface area contributed by atoms with E-state index in [2.05, 4.69) is 17.2 Å². The van der Waals surface area contributed by atoms with E-state index in [9.17, 15) is 4.79 Å². The van der Waals surface area contributed by atoms with Crippen molar-refractivity contribution in [1.29, 1.82) is 0 Å². The van der Waals surface area contributed by atoms with Gasteiger partial charge in [0, 0.05) is 18.7 Å². The SMILES string of the molecule is CCNC(=O)CN(C)Cc1cccc(C#CCO)c1. The maximum Gasteiger partial charge on any atom is 0.234 e. The maximum absolute atomic E-state index is 11.4. The van der Waals surface area contributed by atoms with Crippen LogP contribution in [0.4, 0.5) is 0 Å². The lowest BCUT2D eigenvalue weighted by molar-refractivity contribution is -0.121. The second-order valence-electron chi connectivity index (χ2n) is 4.29. The summed E-state index contributed by atoms with van der Waals surface area (Å²) in [6.45, 7) is 3.48. The highest BCUT2D eigenvalue weighted by atomic mass is 16.2. The first-order valence-corrected chi connectivity index (χ1v) is 6.29. The Morgan fingerprint density at radius 3 is 2.95 bits per heavy atom. The van der Waals surface area contributed by atoms with Gasteiger partial charge in [-0.15, -0.1) is 0 Å². The summed E-state index contributed by atoms with van der Waals surface area (Å²) < 4.78 is 0.